The lowest BCUT2D eigenvalue weighted by atomic mass is 10.1. The molecule has 0 aliphatic heterocycles. The lowest BCUT2D eigenvalue weighted by molar-refractivity contribution is 0.0799. The minimum Gasteiger partial charge on any atom is -0.399 e. The van der Waals surface area contributed by atoms with E-state index in [0.717, 1.165) is 17.2 Å². The molecule has 1 rings (SSSR count). The van der Waals surface area contributed by atoms with Gasteiger partial charge in [0.1, 0.15) is 15.7 Å². The Hall–Kier alpha value is -1.63. The Bertz CT molecular complexity index is 557. The highest BCUT2D eigenvalue weighted by Crippen LogP contribution is 2.13. The summed E-state index contributed by atoms with van der Waals surface area (Å²) in [5.41, 5.74) is 5.48. The summed E-state index contributed by atoms with van der Waals surface area (Å²) in [5.74, 6) is -1.45. The van der Waals surface area contributed by atoms with Crippen LogP contribution in [0.5, 0.6) is 0 Å². The predicted octanol–water partition coefficient (Wildman–Crippen LogP) is 0.525. The third kappa shape index (κ3) is 3.99. The Morgan fingerprint density at radius 2 is 2.06 bits per heavy atom. The van der Waals surface area contributed by atoms with Crippen LogP contribution in [0.3, 0.4) is 0 Å². The molecular weight excluding hydrogens is 259 g/mol. The molecule has 5 nitrogen and oxygen atoms in total. The van der Waals surface area contributed by atoms with Crippen molar-refractivity contribution in [1.82, 2.24) is 4.90 Å². The van der Waals surface area contributed by atoms with Gasteiger partial charge in [-0.15, -0.1) is 0 Å². The number of nitrogens with zero attached hydrogens (tertiary/aromatic N) is 1. The van der Waals surface area contributed by atoms with Gasteiger partial charge in [0, 0.05) is 25.5 Å². The molecule has 2 N–H and O–H groups in total. The van der Waals surface area contributed by atoms with E-state index in [1.54, 1.807) is 0 Å². The van der Waals surface area contributed by atoms with Gasteiger partial charge in [-0.2, -0.15) is 0 Å². The molecule has 0 bridgehead atoms. The van der Waals surface area contributed by atoms with Gasteiger partial charge >= 0.3 is 0 Å². The topological polar surface area (TPSA) is 80.5 Å². The average molecular weight is 274 g/mol. The number of halogens is 1. The van der Waals surface area contributed by atoms with Crippen molar-refractivity contribution in [2.24, 2.45) is 0 Å². The number of nitrogen functional groups attached to an aromatic ring is 1. The van der Waals surface area contributed by atoms with Crippen molar-refractivity contribution in [2.45, 2.75) is 0 Å². The first-order valence-corrected chi connectivity index (χ1v) is 7.25. The number of sulfone groups is 1. The summed E-state index contributed by atoms with van der Waals surface area (Å²) in [5, 5.41) is 0. The lowest BCUT2D eigenvalue weighted by Gasteiger charge is -2.17. The Morgan fingerprint density at radius 1 is 1.44 bits per heavy atom. The zero-order valence-electron chi connectivity index (χ0n) is 10.2. The van der Waals surface area contributed by atoms with Crippen molar-refractivity contribution in [3.63, 3.8) is 0 Å². The van der Waals surface area contributed by atoms with E-state index in [0.29, 0.717) is 0 Å². The van der Waals surface area contributed by atoms with Crippen LogP contribution in [0.4, 0.5) is 10.1 Å². The minimum atomic E-state index is -3.16. The first kappa shape index (κ1) is 14.4. The fraction of sp³-hybridized carbons (Fsp3) is 0.364. The van der Waals surface area contributed by atoms with Crippen LogP contribution in [-0.2, 0) is 9.84 Å². The van der Waals surface area contributed by atoms with E-state index < -0.39 is 21.6 Å². The lowest BCUT2D eigenvalue weighted by Crippen LogP contribution is -2.32. The van der Waals surface area contributed by atoms with Crippen LogP contribution in [-0.4, -0.2) is 44.8 Å². The normalized spacial score (nSPS) is 11.3. The molecule has 1 amide bonds. The molecule has 0 aromatic heterocycles. The highest BCUT2D eigenvalue weighted by Gasteiger charge is 2.17. The molecular formula is C11H15FN2O3S. The van der Waals surface area contributed by atoms with Crippen molar-refractivity contribution < 1.29 is 17.6 Å². The smallest absolute Gasteiger partial charge is 0.256 e. The maximum atomic E-state index is 13.5. The van der Waals surface area contributed by atoms with Gasteiger partial charge in [-0.25, -0.2) is 12.8 Å². The van der Waals surface area contributed by atoms with Crippen LogP contribution < -0.4 is 5.73 Å². The van der Waals surface area contributed by atoms with Crippen molar-refractivity contribution in [1.29, 1.82) is 0 Å². The first-order valence-electron chi connectivity index (χ1n) is 5.19. The molecule has 0 aliphatic carbocycles. The van der Waals surface area contributed by atoms with Gasteiger partial charge in [0.25, 0.3) is 5.91 Å². The molecule has 1 aromatic rings. The fourth-order valence-corrected chi connectivity index (χ4v) is 1.92. The number of carbonyl (C=O) groups excluding carboxylic acids is 1. The van der Waals surface area contributed by atoms with Crippen LogP contribution in [0, 0.1) is 5.82 Å². The number of carbonyl (C=O) groups is 1. The third-order valence-electron chi connectivity index (χ3n) is 2.37. The fourth-order valence-electron chi connectivity index (χ4n) is 1.31. The van der Waals surface area contributed by atoms with Gasteiger partial charge in [-0.3, -0.25) is 4.79 Å². The van der Waals surface area contributed by atoms with E-state index in [1.165, 1.54) is 19.2 Å². The molecule has 0 radical (unpaired) electrons. The second-order valence-electron chi connectivity index (χ2n) is 4.10. The number of hydrogen-bond acceptors (Lipinski definition) is 4. The molecule has 0 aliphatic rings. The summed E-state index contributed by atoms with van der Waals surface area (Å²) in [6.07, 6.45) is 1.08. The number of amides is 1. The molecule has 0 heterocycles. The van der Waals surface area contributed by atoms with Gasteiger partial charge in [-0.1, -0.05) is 0 Å². The molecule has 18 heavy (non-hydrogen) atoms. The van der Waals surface area contributed by atoms with Gasteiger partial charge in [0.05, 0.1) is 11.3 Å². The quantitative estimate of drug-likeness (QED) is 0.812. The second kappa shape index (κ2) is 5.34. The molecule has 0 spiro atoms. The summed E-state index contributed by atoms with van der Waals surface area (Å²) < 4.78 is 35.4. The van der Waals surface area contributed by atoms with Gasteiger partial charge < -0.3 is 10.6 Å². The maximum absolute atomic E-state index is 13.5. The van der Waals surface area contributed by atoms with E-state index in [2.05, 4.69) is 0 Å². The Balaban J connectivity index is 2.80. The molecule has 1 aromatic carbocycles. The standard InChI is InChI=1S/C11H15FN2O3S/c1-14(5-6-18(2,16)17)11(15)9-4-3-8(13)7-10(9)12/h3-4,7H,5-6,13H2,1-2H3. The van der Waals surface area contributed by atoms with Crippen LogP contribution in [0.1, 0.15) is 10.4 Å². The zero-order valence-corrected chi connectivity index (χ0v) is 11.0. The van der Waals surface area contributed by atoms with Crippen molar-refractivity contribution in [3.8, 4) is 0 Å². The van der Waals surface area contributed by atoms with Gasteiger partial charge in [-0.05, 0) is 18.2 Å². The molecule has 0 unspecified atom stereocenters. The third-order valence-corrected chi connectivity index (χ3v) is 3.29. The monoisotopic (exact) mass is 274 g/mol. The van der Waals surface area contributed by atoms with Crippen LogP contribution in [0.25, 0.3) is 0 Å². The summed E-state index contributed by atoms with van der Waals surface area (Å²) in [4.78, 5) is 13.0. The molecule has 0 saturated carbocycles. The average Bonchev–Trinajstić information content (AvgIpc) is 2.24. The summed E-state index contributed by atoms with van der Waals surface area (Å²) in [6.45, 7) is 0.0154. The number of benzene rings is 1. The second-order valence-corrected chi connectivity index (χ2v) is 6.36. The van der Waals surface area contributed by atoms with Crippen LogP contribution >= 0.6 is 0 Å². The minimum absolute atomic E-state index is 0.0154. The Labute approximate surface area is 105 Å². The first-order chi connectivity index (χ1) is 8.20. The van der Waals surface area contributed by atoms with Crippen LogP contribution in [0.2, 0.25) is 0 Å². The molecule has 7 heteroatoms. The van der Waals surface area contributed by atoms with E-state index in [4.69, 9.17) is 5.73 Å². The molecule has 100 valence electrons. The number of hydrogen-bond donors (Lipinski definition) is 1. The number of rotatable bonds is 4. The van der Waals surface area contributed by atoms with E-state index >= 15 is 0 Å². The van der Waals surface area contributed by atoms with Gasteiger partial charge in [0.2, 0.25) is 0 Å². The van der Waals surface area contributed by atoms with Gasteiger partial charge in [0.15, 0.2) is 0 Å². The molecule has 0 saturated heterocycles. The summed E-state index contributed by atoms with van der Waals surface area (Å²) in [6, 6.07) is 3.75. The summed E-state index contributed by atoms with van der Waals surface area (Å²) in [7, 11) is -1.74. The highest BCUT2D eigenvalue weighted by atomic mass is 32.2. The Morgan fingerprint density at radius 3 is 2.56 bits per heavy atom. The van der Waals surface area contributed by atoms with Crippen molar-refractivity contribution in [2.75, 3.05) is 31.3 Å². The van der Waals surface area contributed by atoms with Crippen molar-refractivity contribution >= 4 is 21.4 Å². The van der Waals surface area contributed by atoms with E-state index in [1.807, 2.05) is 0 Å². The van der Waals surface area contributed by atoms with Crippen molar-refractivity contribution in [3.05, 3.63) is 29.6 Å². The number of nitrogens with two attached hydrogens (primary N) is 1. The summed E-state index contributed by atoms with van der Waals surface area (Å²) >= 11 is 0. The SMILES string of the molecule is CN(CCS(C)(=O)=O)C(=O)c1ccc(N)cc1F. The maximum Gasteiger partial charge on any atom is 0.256 e. The highest BCUT2D eigenvalue weighted by molar-refractivity contribution is 7.90. The molecule has 0 fully saturated rings. The number of anilines is 1. The zero-order chi connectivity index (χ0) is 13.9. The van der Waals surface area contributed by atoms with Crippen LogP contribution in [0.15, 0.2) is 18.2 Å². The largest absolute Gasteiger partial charge is 0.399 e. The predicted molar refractivity (Wildman–Crippen MR) is 67.5 cm³/mol. The molecule has 0 atom stereocenters. The van der Waals surface area contributed by atoms with E-state index in [9.17, 15) is 17.6 Å². The Kier molecular flexibility index (Phi) is 4.28. The van der Waals surface area contributed by atoms with E-state index in [-0.39, 0.29) is 23.5 Å².